The molecule has 5 heteroatoms. The smallest absolute Gasteiger partial charge is 0.255 e. The van der Waals surface area contributed by atoms with Gasteiger partial charge in [-0.1, -0.05) is 31.9 Å². The summed E-state index contributed by atoms with van der Waals surface area (Å²) in [4.78, 5) is 22.8. The molecule has 1 aromatic heterocycles. The summed E-state index contributed by atoms with van der Waals surface area (Å²) < 4.78 is 13.4. The molecule has 1 amide bonds. The SMILES string of the molecule is CN1C[C@@H]2C[C@@]3(C)[C@H](CCCC[C@@H]13)N2C(=O)c1ccc(Cc2cccc(F)c2)nc1. The van der Waals surface area contributed by atoms with E-state index in [1.54, 1.807) is 12.3 Å². The van der Waals surface area contributed by atoms with Gasteiger partial charge < -0.3 is 9.80 Å². The van der Waals surface area contributed by atoms with E-state index in [1.165, 1.54) is 31.4 Å². The number of nitrogens with zero attached hydrogens (tertiary/aromatic N) is 3. The van der Waals surface area contributed by atoms with E-state index in [1.807, 2.05) is 18.2 Å². The fourth-order valence-electron chi connectivity index (χ4n) is 6.45. The minimum Gasteiger partial charge on any atom is -0.331 e. The van der Waals surface area contributed by atoms with Crippen molar-refractivity contribution in [1.82, 2.24) is 14.8 Å². The number of piperidine rings is 1. The van der Waals surface area contributed by atoms with Gasteiger partial charge in [0.25, 0.3) is 5.91 Å². The molecule has 2 saturated heterocycles. The average molecular weight is 408 g/mol. The number of fused-ring (bicyclic) bond motifs is 1. The van der Waals surface area contributed by atoms with E-state index in [2.05, 4.69) is 28.8 Å². The van der Waals surface area contributed by atoms with Crippen molar-refractivity contribution in [3.05, 3.63) is 65.2 Å². The van der Waals surface area contributed by atoms with Gasteiger partial charge in [0.1, 0.15) is 5.82 Å². The maximum absolute atomic E-state index is 13.6. The normalized spacial score (nSPS) is 30.9. The number of hydrogen-bond acceptors (Lipinski definition) is 3. The lowest BCUT2D eigenvalue weighted by atomic mass is 9.71. The zero-order valence-corrected chi connectivity index (χ0v) is 17.9. The number of carbonyl (C=O) groups is 1. The monoisotopic (exact) mass is 407 g/mol. The van der Waals surface area contributed by atoms with Gasteiger partial charge in [-0.25, -0.2) is 4.39 Å². The van der Waals surface area contributed by atoms with Crippen LogP contribution in [-0.4, -0.2) is 52.4 Å². The molecular formula is C25H30FN3O. The molecule has 4 atom stereocenters. The molecule has 1 aromatic carbocycles. The number of pyridine rings is 1. The lowest BCUT2D eigenvalue weighted by molar-refractivity contribution is 0.0577. The number of rotatable bonds is 3. The fraction of sp³-hybridized carbons (Fsp3) is 0.520. The van der Waals surface area contributed by atoms with Gasteiger partial charge in [-0.15, -0.1) is 0 Å². The maximum atomic E-state index is 13.6. The third-order valence-corrected chi connectivity index (χ3v) is 7.74. The van der Waals surface area contributed by atoms with E-state index < -0.39 is 0 Å². The Kier molecular flexibility index (Phi) is 4.89. The first-order valence-corrected chi connectivity index (χ1v) is 11.2. The summed E-state index contributed by atoms with van der Waals surface area (Å²) in [7, 11) is 2.23. The predicted molar refractivity (Wildman–Crippen MR) is 115 cm³/mol. The van der Waals surface area contributed by atoms with Crippen LogP contribution in [0.3, 0.4) is 0 Å². The van der Waals surface area contributed by atoms with Gasteiger partial charge in [-0.3, -0.25) is 9.78 Å². The van der Waals surface area contributed by atoms with Crippen LogP contribution >= 0.6 is 0 Å². The van der Waals surface area contributed by atoms with Crippen molar-refractivity contribution < 1.29 is 9.18 Å². The lowest BCUT2D eigenvalue weighted by Gasteiger charge is -2.44. The maximum Gasteiger partial charge on any atom is 0.255 e. The summed E-state index contributed by atoms with van der Waals surface area (Å²) in [5, 5.41) is 0. The minimum atomic E-state index is -0.236. The van der Waals surface area contributed by atoms with Gasteiger partial charge >= 0.3 is 0 Å². The Morgan fingerprint density at radius 3 is 2.73 bits per heavy atom. The summed E-state index contributed by atoms with van der Waals surface area (Å²) in [5.41, 5.74) is 2.58. The molecule has 1 aliphatic carbocycles. The van der Waals surface area contributed by atoms with Crippen LogP contribution < -0.4 is 0 Å². The highest BCUT2D eigenvalue weighted by Gasteiger charge is 2.59. The first-order chi connectivity index (χ1) is 14.5. The van der Waals surface area contributed by atoms with E-state index in [9.17, 15) is 9.18 Å². The van der Waals surface area contributed by atoms with E-state index in [0.29, 0.717) is 30.1 Å². The molecule has 0 radical (unpaired) electrons. The largest absolute Gasteiger partial charge is 0.331 e. The summed E-state index contributed by atoms with van der Waals surface area (Å²) in [6, 6.07) is 11.6. The molecule has 0 N–H and O–H groups in total. The molecule has 5 rings (SSSR count). The van der Waals surface area contributed by atoms with Crippen LogP contribution in [0.1, 0.15) is 60.6 Å². The van der Waals surface area contributed by atoms with E-state index in [0.717, 1.165) is 30.6 Å². The summed E-state index contributed by atoms with van der Waals surface area (Å²) in [6.45, 7) is 3.37. The molecule has 0 unspecified atom stereocenters. The van der Waals surface area contributed by atoms with E-state index >= 15 is 0 Å². The molecule has 30 heavy (non-hydrogen) atoms. The van der Waals surface area contributed by atoms with Crippen molar-refractivity contribution in [2.45, 2.75) is 63.6 Å². The van der Waals surface area contributed by atoms with Gasteiger partial charge in [0.05, 0.1) is 5.56 Å². The van der Waals surface area contributed by atoms with Crippen LogP contribution in [0.25, 0.3) is 0 Å². The van der Waals surface area contributed by atoms with Crippen molar-refractivity contribution in [3.63, 3.8) is 0 Å². The van der Waals surface area contributed by atoms with Crippen molar-refractivity contribution in [3.8, 4) is 0 Å². The lowest BCUT2D eigenvalue weighted by Crippen LogP contribution is -2.51. The Balaban J connectivity index is 1.38. The quantitative estimate of drug-likeness (QED) is 0.762. The number of benzene rings is 1. The van der Waals surface area contributed by atoms with Crippen LogP contribution in [0.2, 0.25) is 0 Å². The molecule has 2 aromatic rings. The summed E-state index contributed by atoms with van der Waals surface area (Å²) >= 11 is 0. The summed E-state index contributed by atoms with van der Waals surface area (Å²) in [5.74, 6) is -0.117. The highest BCUT2D eigenvalue weighted by atomic mass is 19.1. The molecule has 3 aliphatic rings. The Bertz CT molecular complexity index is 946. The number of hydrogen-bond donors (Lipinski definition) is 0. The first-order valence-electron chi connectivity index (χ1n) is 11.2. The fourth-order valence-corrected chi connectivity index (χ4v) is 6.45. The minimum absolute atomic E-state index is 0.120. The molecule has 158 valence electrons. The molecular weight excluding hydrogens is 377 g/mol. The third kappa shape index (κ3) is 3.24. The van der Waals surface area contributed by atoms with Crippen molar-refractivity contribution in [1.29, 1.82) is 0 Å². The zero-order valence-electron chi connectivity index (χ0n) is 17.9. The van der Waals surface area contributed by atoms with Gasteiger partial charge in [0.2, 0.25) is 0 Å². The van der Waals surface area contributed by atoms with Crippen LogP contribution in [0.4, 0.5) is 4.39 Å². The Hall–Kier alpha value is -2.27. The Labute approximate surface area is 178 Å². The number of carbonyl (C=O) groups excluding carboxylic acids is 1. The Morgan fingerprint density at radius 2 is 2.00 bits per heavy atom. The molecule has 3 heterocycles. The van der Waals surface area contributed by atoms with Gasteiger partial charge in [0, 0.05) is 48.4 Å². The van der Waals surface area contributed by atoms with Gasteiger partial charge in [-0.05, 0) is 56.1 Å². The molecule has 3 fully saturated rings. The second kappa shape index (κ2) is 7.45. The zero-order chi connectivity index (χ0) is 20.9. The van der Waals surface area contributed by atoms with Crippen LogP contribution in [0.5, 0.6) is 0 Å². The highest BCUT2D eigenvalue weighted by Crippen LogP contribution is 2.53. The third-order valence-electron chi connectivity index (χ3n) is 7.74. The van der Waals surface area contributed by atoms with Crippen molar-refractivity contribution in [2.75, 3.05) is 13.6 Å². The van der Waals surface area contributed by atoms with E-state index in [4.69, 9.17) is 0 Å². The molecule has 1 saturated carbocycles. The topological polar surface area (TPSA) is 36.4 Å². The molecule has 0 spiro atoms. The van der Waals surface area contributed by atoms with Crippen molar-refractivity contribution in [2.24, 2.45) is 5.41 Å². The Morgan fingerprint density at radius 1 is 1.20 bits per heavy atom. The number of likely N-dealkylation sites (tertiary alicyclic amines) is 2. The van der Waals surface area contributed by atoms with Crippen LogP contribution in [0, 0.1) is 11.2 Å². The second-order valence-corrected chi connectivity index (χ2v) is 9.68. The first kappa shape index (κ1) is 19.7. The summed E-state index contributed by atoms with van der Waals surface area (Å²) in [6.07, 6.45) is 8.19. The van der Waals surface area contributed by atoms with Crippen LogP contribution in [0.15, 0.2) is 42.6 Å². The van der Waals surface area contributed by atoms with Gasteiger partial charge in [-0.2, -0.15) is 0 Å². The van der Waals surface area contributed by atoms with Crippen LogP contribution in [-0.2, 0) is 6.42 Å². The van der Waals surface area contributed by atoms with Crippen molar-refractivity contribution >= 4 is 5.91 Å². The molecule has 2 bridgehead atoms. The second-order valence-electron chi connectivity index (χ2n) is 9.68. The average Bonchev–Trinajstić information content (AvgIpc) is 2.82. The molecule has 2 aliphatic heterocycles. The number of aromatic nitrogens is 1. The molecule has 4 nitrogen and oxygen atoms in total. The number of halogens is 1. The number of likely N-dealkylation sites (N-methyl/N-ethyl adjacent to an activating group) is 1. The van der Waals surface area contributed by atoms with Gasteiger partial charge in [0.15, 0.2) is 0 Å². The highest BCUT2D eigenvalue weighted by molar-refractivity contribution is 5.94. The number of amides is 1. The standard InChI is InChI=1S/C25H30FN3O/c1-25-14-21-16-28(2)22(25)8-3-4-9-23(25)29(21)24(30)18-10-11-20(27-15-18)13-17-6-5-7-19(26)12-17/h5-7,10-12,15,21-23H,3-4,8-9,13-14,16H2,1-2H3/t21-,22+,23-,25+/m0/s1. The van der Waals surface area contributed by atoms with E-state index in [-0.39, 0.29) is 17.1 Å². The predicted octanol–water partition coefficient (Wildman–Crippen LogP) is 4.29.